The summed E-state index contributed by atoms with van der Waals surface area (Å²) in [5.41, 5.74) is -1.46. The molecule has 3 aliphatic rings. The zero-order valence-electron chi connectivity index (χ0n) is 24.0. The smallest absolute Gasteiger partial charge is 0.357 e. The lowest BCUT2D eigenvalue weighted by Gasteiger charge is -2.40. The highest BCUT2D eigenvalue weighted by Gasteiger charge is 2.68. The van der Waals surface area contributed by atoms with Crippen LogP contribution in [0, 0.1) is 22.0 Å². The molecule has 0 aliphatic carbocycles. The van der Waals surface area contributed by atoms with Gasteiger partial charge in [-0.2, -0.15) is 0 Å². The first-order valence-electron chi connectivity index (χ1n) is 13.1. The molecule has 14 nitrogen and oxygen atoms in total. The molecule has 5 rings (SSSR count). The van der Waals surface area contributed by atoms with E-state index in [1.165, 1.54) is 0 Å². The van der Waals surface area contributed by atoms with E-state index in [1.807, 2.05) is 0 Å². The fraction of sp³-hybridized carbons (Fsp3) is 0.310. The number of rotatable bonds is 7. The number of anilines is 1. The number of esters is 3. The average Bonchev–Trinajstić information content (AvgIpc) is 3.53. The van der Waals surface area contributed by atoms with E-state index in [-0.39, 0.29) is 35.0 Å². The molecule has 3 heterocycles. The van der Waals surface area contributed by atoms with E-state index in [0.29, 0.717) is 11.3 Å². The average molecular weight is 623 g/mol. The van der Waals surface area contributed by atoms with Crippen LogP contribution < -0.4 is 4.90 Å². The van der Waals surface area contributed by atoms with Crippen LogP contribution in [0.15, 0.2) is 69.7 Å². The van der Waals surface area contributed by atoms with Gasteiger partial charge < -0.3 is 19.1 Å². The van der Waals surface area contributed by atoms with Crippen molar-refractivity contribution in [2.45, 2.75) is 35.7 Å². The zero-order valence-corrected chi connectivity index (χ0v) is 24.8. The second kappa shape index (κ2) is 11.1. The van der Waals surface area contributed by atoms with Crippen molar-refractivity contribution < 1.29 is 41.9 Å². The third-order valence-corrected chi connectivity index (χ3v) is 9.73. The molecule has 15 heteroatoms. The number of sulfonamides is 1. The maximum Gasteiger partial charge on any atom is 0.357 e. The molecule has 228 valence electrons. The van der Waals surface area contributed by atoms with E-state index in [2.05, 4.69) is 16.8 Å². The van der Waals surface area contributed by atoms with Gasteiger partial charge in [-0.25, -0.2) is 32.1 Å². The highest BCUT2D eigenvalue weighted by atomic mass is 32.2. The summed E-state index contributed by atoms with van der Waals surface area (Å²) in [6.45, 7) is 1.68. The highest BCUT2D eigenvalue weighted by molar-refractivity contribution is 7.89. The van der Waals surface area contributed by atoms with Gasteiger partial charge in [-0.1, -0.05) is 24.1 Å². The van der Waals surface area contributed by atoms with Crippen LogP contribution in [0.4, 0.5) is 11.4 Å². The molecule has 44 heavy (non-hydrogen) atoms. The number of para-hydroxylation sites is 1. The second-order valence-electron chi connectivity index (χ2n) is 9.92. The molecule has 0 amide bonds. The first-order chi connectivity index (χ1) is 21.0. The first kappa shape index (κ1) is 30.2. The molecule has 0 bridgehead atoms. The Morgan fingerprint density at radius 2 is 1.70 bits per heavy atom. The number of nitro groups is 1. The number of amidine groups is 1. The number of fused-ring (bicyclic) bond motifs is 1. The molecule has 2 aromatic carbocycles. The largest absolute Gasteiger partial charge is 0.467 e. The predicted octanol–water partition coefficient (Wildman–Crippen LogP) is 1.69. The molecule has 1 spiro atoms. The number of nitrogens with zero attached hydrogens (tertiary/aromatic N) is 4. The number of aliphatic imine (C=N–C) groups is 1. The molecule has 1 saturated heterocycles. The maximum atomic E-state index is 14.4. The number of hydrogen-bond acceptors (Lipinski definition) is 12. The van der Waals surface area contributed by atoms with Crippen molar-refractivity contribution in [3.63, 3.8) is 0 Å². The van der Waals surface area contributed by atoms with Crippen LogP contribution in [0.2, 0.25) is 0 Å². The molecular weight excluding hydrogens is 596 g/mol. The van der Waals surface area contributed by atoms with Gasteiger partial charge in [0.1, 0.15) is 11.9 Å². The normalized spacial score (nSPS) is 21.7. The first-order valence-corrected chi connectivity index (χ1v) is 14.6. The Morgan fingerprint density at radius 1 is 1.05 bits per heavy atom. The summed E-state index contributed by atoms with van der Waals surface area (Å²) in [4.78, 5) is 56.4. The third-order valence-electron chi connectivity index (χ3n) is 7.91. The van der Waals surface area contributed by atoms with E-state index in [0.717, 1.165) is 49.9 Å². The van der Waals surface area contributed by atoms with Gasteiger partial charge in [0.2, 0.25) is 0 Å². The molecule has 3 aliphatic heterocycles. The van der Waals surface area contributed by atoms with Gasteiger partial charge in [0.15, 0.2) is 5.70 Å². The number of carbonyl (C=O) groups is 3. The monoisotopic (exact) mass is 622 g/mol. The summed E-state index contributed by atoms with van der Waals surface area (Å²) in [5.74, 6) is 2.67. The Bertz CT molecular complexity index is 1820. The molecule has 2 aromatic rings. The molecule has 3 atom stereocenters. The predicted molar refractivity (Wildman–Crippen MR) is 154 cm³/mol. The molecule has 0 N–H and O–H groups in total. The fourth-order valence-corrected chi connectivity index (χ4v) is 7.78. The van der Waals surface area contributed by atoms with Crippen molar-refractivity contribution in [1.82, 2.24) is 4.31 Å². The third kappa shape index (κ3) is 4.29. The summed E-state index contributed by atoms with van der Waals surface area (Å²) < 4.78 is 44.6. The Hall–Kier alpha value is -5.23. The van der Waals surface area contributed by atoms with Crippen molar-refractivity contribution in [3.05, 3.63) is 75.5 Å². The fourth-order valence-electron chi connectivity index (χ4n) is 6.15. The molecule has 0 aromatic heterocycles. The zero-order chi connectivity index (χ0) is 32.0. The summed E-state index contributed by atoms with van der Waals surface area (Å²) in [5, 5.41) is 11.2. The quantitative estimate of drug-likeness (QED) is 0.144. The van der Waals surface area contributed by atoms with E-state index in [9.17, 15) is 32.9 Å². The minimum Gasteiger partial charge on any atom is -0.467 e. The van der Waals surface area contributed by atoms with E-state index >= 15 is 0 Å². The molecular formula is C29H26N4O10S. The van der Waals surface area contributed by atoms with Gasteiger partial charge in [0.05, 0.1) is 54.7 Å². The van der Waals surface area contributed by atoms with E-state index in [4.69, 9.17) is 14.2 Å². The lowest BCUT2D eigenvalue weighted by atomic mass is 9.69. The summed E-state index contributed by atoms with van der Waals surface area (Å²) in [6, 6.07) is 8.43. The molecule has 0 unspecified atom stereocenters. The van der Waals surface area contributed by atoms with Crippen LogP contribution in [0.5, 0.6) is 0 Å². The minimum atomic E-state index is -4.69. The van der Waals surface area contributed by atoms with Crippen LogP contribution in [-0.2, 0) is 44.0 Å². The van der Waals surface area contributed by atoms with Crippen LogP contribution in [0.1, 0.15) is 18.9 Å². The van der Waals surface area contributed by atoms with Gasteiger partial charge in [0.25, 0.3) is 15.7 Å². The van der Waals surface area contributed by atoms with Crippen molar-refractivity contribution in [3.8, 4) is 11.8 Å². The van der Waals surface area contributed by atoms with Crippen LogP contribution in [0.25, 0.3) is 0 Å². The van der Waals surface area contributed by atoms with Gasteiger partial charge in [-0.05, 0) is 37.1 Å². The lowest BCUT2D eigenvalue weighted by molar-refractivity contribution is -0.384. The number of nitro benzene ring substituents is 1. The summed E-state index contributed by atoms with van der Waals surface area (Å²) in [6.07, 6.45) is -0.239. The number of ether oxygens (including phenoxy) is 3. The summed E-state index contributed by atoms with van der Waals surface area (Å²) >= 11 is 0. The van der Waals surface area contributed by atoms with Gasteiger partial charge >= 0.3 is 17.9 Å². The minimum absolute atomic E-state index is 0.0557. The number of carbonyl (C=O) groups excluding carboxylic acids is 3. The number of methoxy groups -OCH3 is 3. The lowest BCUT2D eigenvalue weighted by Crippen LogP contribution is -2.55. The topological polar surface area (TPSA) is 175 Å². The van der Waals surface area contributed by atoms with Crippen molar-refractivity contribution in [2.24, 2.45) is 4.99 Å². The Balaban J connectivity index is 1.88. The standard InChI is InChI=1S/C29H26N4O10S/c1-5-6-15-31-20-10-8-7-9-19(20)29-16-21(25(34)41-2)32(44(39,40)18-13-11-17(12-14-18)33(37)38)28(29)30-23(27(36)43-4)22(24(29)31)26(35)42-3/h7-14,21,24H,15-16H2,1-4H3/t21-,24-,29-/m0/s1. The molecule has 1 fully saturated rings. The molecule has 0 radical (unpaired) electrons. The van der Waals surface area contributed by atoms with Crippen molar-refractivity contribution in [1.29, 1.82) is 0 Å². The number of benzene rings is 2. The van der Waals surface area contributed by atoms with E-state index in [1.54, 1.807) is 36.1 Å². The molecule has 0 saturated carbocycles. The number of hydrogen-bond donors (Lipinski definition) is 0. The van der Waals surface area contributed by atoms with Crippen LogP contribution in [-0.4, -0.2) is 81.3 Å². The number of non-ortho nitro benzene ring substituents is 1. The van der Waals surface area contributed by atoms with Gasteiger partial charge in [-0.15, -0.1) is 5.92 Å². The van der Waals surface area contributed by atoms with E-state index < -0.39 is 56.1 Å². The SMILES string of the molecule is CC#CCN1c2ccccc2[C@]23C[C@@H](C(=O)OC)N(S(=O)(=O)c4ccc([N+](=O)[O-])cc4)C2=NC(C(=O)OC)=C(C(=O)OC)[C@H]13. The van der Waals surface area contributed by atoms with Gasteiger partial charge in [0, 0.05) is 17.8 Å². The maximum absolute atomic E-state index is 14.4. The summed E-state index contributed by atoms with van der Waals surface area (Å²) in [7, 11) is -1.39. The van der Waals surface area contributed by atoms with Crippen molar-refractivity contribution >= 4 is 45.1 Å². The van der Waals surface area contributed by atoms with Crippen LogP contribution in [0.3, 0.4) is 0 Å². The highest BCUT2D eigenvalue weighted by Crippen LogP contribution is 2.58. The Kier molecular flexibility index (Phi) is 7.64. The van der Waals surface area contributed by atoms with Gasteiger partial charge in [-0.3, -0.25) is 10.1 Å². The Morgan fingerprint density at radius 3 is 2.30 bits per heavy atom. The Labute approximate surface area is 252 Å². The van der Waals surface area contributed by atoms with Crippen LogP contribution >= 0.6 is 0 Å². The van der Waals surface area contributed by atoms with Crippen molar-refractivity contribution in [2.75, 3.05) is 32.8 Å². The second-order valence-corrected chi connectivity index (χ2v) is 11.7.